The van der Waals surface area contributed by atoms with E-state index in [1.54, 1.807) is 0 Å². The van der Waals surface area contributed by atoms with E-state index in [4.69, 9.17) is 22.1 Å². The van der Waals surface area contributed by atoms with E-state index >= 15 is 0 Å². The van der Waals surface area contributed by atoms with Gasteiger partial charge in [0.15, 0.2) is 0 Å². The van der Waals surface area contributed by atoms with Gasteiger partial charge >= 0.3 is 6.09 Å². The van der Waals surface area contributed by atoms with Gasteiger partial charge in [0, 0.05) is 17.0 Å². The van der Waals surface area contributed by atoms with Crippen LogP contribution in [0.5, 0.6) is 0 Å². The lowest BCUT2D eigenvalue weighted by Crippen LogP contribution is -2.15. The van der Waals surface area contributed by atoms with Crippen molar-refractivity contribution in [2.45, 2.75) is 19.1 Å². The topological polar surface area (TPSA) is 61.6 Å². The second kappa shape index (κ2) is 4.72. The first-order valence-electron chi connectivity index (χ1n) is 4.99. The van der Waals surface area contributed by atoms with Crippen molar-refractivity contribution in [1.29, 1.82) is 0 Å². The standard InChI is InChI=1S/C11H12ClNO3/c12-9-3-1-2-7-8(9)6-16-10(7)4-5-15-11(13)14/h1-3,10H,4-6H2,(H2,13,14). The normalized spacial score (nSPS) is 18.2. The molecule has 0 saturated carbocycles. The zero-order valence-corrected chi connectivity index (χ0v) is 9.37. The molecule has 0 fully saturated rings. The third kappa shape index (κ3) is 2.28. The van der Waals surface area contributed by atoms with Crippen LogP contribution >= 0.6 is 11.6 Å². The molecule has 1 heterocycles. The molecule has 0 bridgehead atoms. The van der Waals surface area contributed by atoms with Gasteiger partial charge in [-0.3, -0.25) is 0 Å². The van der Waals surface area contributed by atoms with Crippen LogP contribution in [0.15, 0.2) is 18.2 Å². The summed E-state index contributed by atoms with van der Waals surface area (Å²) in [5, 5.41) is 0.718. The fourth-order valence-electron chi connectivity index (χ4n) is 1.81. The minimum Gasteiger partial charge on any atom is -0.450 e. The van der Waals surface area contributed by atoms with E-state index in [-0.39, 0.29) is 12.7 Å². The first kappa shape index (κ1) is 11.2. The van der Waals surface area contributed by atoms with Crippen LogP contribution in [-0.4, -0.2) is 12.7 Å². The van der Waals surface area contributed by atoms with Crippen molar-refractivity contribution in [3.05, 3.63) is 34.3 Å². The average molecular weight is 242 g/mol. The first-order chi connectivity index (χ1) is 7.68. The summed E-state index contributed by atoms with van der Waals surface area (Å²) in [6.07, 6.45) is -0.228. The van der Waals surface area contributed by atoms with Gasteiger partial charge in [0.05, 0.1) is 19.3 Å². The van der Waals surface area contributed by atoms with Gasteiger partial charge in [-0.2, -0.15) is 0 Å². The second-order valence-corrected chi connectivity index (χ2v) is 3.97. The summed E-state index contributed by atoms with van der Waals surface area (Å²) in [5.74, 6) is 0. The molecular formula is C11H12ClNO3. The van der Waals surface area contributed by atoms with E-state index in [2.05, 4.69) is 4.74 Å². The molecule has 5 heteroatoms. The highest BCUT2D eigenvalue weighted by Gasteiger charge is 2.24. The summed E-state index contributed by atoms with van der Waals surface area (Å²) in [5.41, 5.74) is 6.96. The van der Waals surface area contributed by atoms with E-state index in [0.29, 0.717) is 13.0 Å². The lowest BCUT2D eigenvalue weighted by molar-refractivity contribution is 0.0435. The van der Waals surface area contributed by atoms with Gasteiger partial charge in [0.2, 0.25) is 0 Å². The van der Waals surface area contributed by atoms with Crippen LogP contribution in [0.25, 0.3) is 0 Å². The number of ether oxygens (including phenoxy) is 2. The zero-order chi connectivity index (χ0) is 11.5. The van der Waals surface area contributed by atoms with Gasteiger partial charge in [-0.1, -0.05) is 23.7 Å². The number of carbonyl (C=O) groups excluding carboxylic acids is 1. The van der Waals surface area contributed by atoms with Crippen LogP contribution < -0.4 is 5.73 Å². The monoisotopic (exact) mass is 241 g/mol. The smallest absolute Gasteiger partial charge is 0.404 e. The lowest BCUT2D eigenvalue weighted by atomic mass is 10.0. The van der Waals surface area contributed by atoms with Gasteiger partial charge in [0.25, 0.3) is 0 Å². The third-order valence-electron chi connectivity index (χ3n) is 2.56. The van der Waals surface area contributed by atoms with Crippen molar-refractivity contribution >= 4 is 17.7 Å². The number of nitrogens with two attached hydrogens (primary N) is 1. The molecule has 0 saturated heterocycles. The molecule has 0 aliphatic carbocycles. The Morgan fingerprint density at radius 3 is 3.19 bits per heavy atom. The Bertz CT molecular complexity index is 408. The van der Waals surface area contributed by atoms with Crippen molar-refractivity contribution in [3.8, 4) is 0 Å². The largest absolute Gasteiger partial charge is 0.450 e. The highest BCUT2D eigenvalue weighted by atomic mass is 35.5. The van der Waals surface area contributed by atoms with E-state index < -0.39 is 6.09 Å². The number of carbonyl (C=O) groups is 1. The summed E-state index contributed by atoms with van der Waals surface area (Å²) < 4.78 is 10.2. The maximum Gasteiger partial charge on any atom is 0.404 e. The summed E-state index contributed by atoms with van der Waals surface area (Å²) in [6.45, 7) is 0.766. The SMILES string of the molecule is NC(=O)OCCC1OCc2c(Cl)cccc21. The Morgan fingerprint density at radius 2 is 2.44 bits per heavy atom. The van der Waals surface area contributed by atoms with Gasteiger partial charge in [-0.05, 0) is 11.6 Å². The molecule has 0 radical (unpaired) electrons. The van der Waals surface area contributed by atoms with Crippen LogP contribution in [0.4, 0.5) is 4.79 Å². The number of primary amides is 1. The summed E-state index contributed by atoms with van der Waals surface area (Å²) in [7, 11) is 0. The number of hydrogen-bond donors (Lipinski definition) is 1. The fraction of sp³-hybridized carbons (Fsp3) is 0.364. The van der Waals surface area contributed by atoms with E-state index in [1.807, 2.05) is 18.2 Å². The van der Waals surface area contributed by atoms with Crippen molar-refractivity contribution in [2.75, 3.05) is 6.61 Å². The molecule has 2 N–H and O–H groups in total. The van der Waals surface area contributed by atoms with Crippen LogP contribution in [0.2, 0.25) is 5.02 Å². The Morgan fingerprint density at radius 1 is 1.62 bits per heavy atom. The van der Waals surface area contributed by atoms with Gasteiger partial charge < -0.3 is 15.2 Å². The Kier molecular flexibility index (Phi) is 3.31. The molecule has 1 amide bonds. The lowest BCUT2D eigenvalue weighted by Gasteiger charge is -2.10. The maximum absolute atomic E-state index is 10.4. The Hall–Kier alpha value is -1.26. The Labute approximate surface area is 98.3 Å². The minimum absolute atomic E-state index is 0.0620. The first-order valence-corrected chi connectivity index (χ1v) is 5.37. The second-order valence-electron chi connectivity index (χ2n) is 3.56. The number of amides is 1. The maximum atomic E-state index is 10.4. The summed E-state index contributed by atoms with van der Waals surface area (Å²) in [6, 6.07) is 5.70. The van der Waals surface area contributed by atoms with Crippen LogP contribution in [0.1, 0.15) is 23.7 Å². The van der Waals surface area contributed by atoms with Crippen LogP contribution in [-0.2, 0) is 16.1 Å². The van der Waals surface area contributed by atoms with Crippen molar-refractivity contribution in [3.63, 3.8) is 0 Å². The Balaban J connectivity index is 2.01. The number of benzene rings is 1. The van der Waals surface area contributed by atoms with Crippen molar-refractivity contribution < 1.29 is 14.3 Å². The van der Waals surface area contributed by atoms with Crippen LogP contribution in [0.3, 0.4) is 0 Å². The van der Waals surface area contributed by atoms with E-state index in [9.17, 15) is 4.79 Å². The molecule has 0 spiro atoms. The molecule has 1 unspecified atom stereocenters. The van der Waals surface area contributed by atoms with E-state index in [1.165, 1.54) is 0 Å². The third-order valence-corrected chi connectivity index (χ3v) is 2.91. The zero-order valence-electron chi connectivity index (χ0n) is 8.61. The molecule has 1 aromatic carbocycles. The average Bonchev–Trinajstić information content (AvgIpc) is 2.63. The van der Waals surface area contributed by atoms with E-state index in [0.717, 1.165) is 16.1 Å². The van der Waals surface area contributed by atoms with Crippen molar-refractivity contribution in [1.82, 2.24) is 0 Å². The fourth-order valence-corrected chi connectivity index (χ4v) is 2.04. The highest BCUT2D eigenvalue weighted by Crippen LogP contribution is 2.36. The van der Waals surface area contributed by atoms with Gasteiger partial charge in [-0.15, -0.1) is 0 Å². The summed E-state index contributed by atoms with van der Waals surface area (Å²) >= 11 is 6.03. The molecule has 2 rings (SSSR count). The molecule has 4 nitrogen and oxygen atoms in total. The summed E-state index contributed by atoms with van der Waals surface area (Å²) in [4.78, 5) is 10.4. The molecule has 1 aliphatic rings. The van der Waals surface area contributed by atoms with Crippen molar-refractivity contribution in [2.24, 2.45) is 5.73 Å². The number of hydrogen-bond acceptors (Lipinski definition) is 3. The molecule has 0 aromatic heterocycles. The predicted octanol–water partition coefficient (Wildman–Crippen LogP) is 2.40. The van der Waals surface area contributed by atoms with Crippen LogP contribution in [0, 0.1) is 0 Å². The molecule has 1 aromatic rings. The number of fused-ring (bicyclic) bond motifs is 1. The number of rotatable bonds is 3. The molecule has 86 valence electrons. The highest BCUT2D eigenvalue weighted by molar-refractivity contribution is 6.31. The molecule has 1 aliphatic heterocycles. The molecule has 1 atom stereocenters. The quantitative estimate of drug-likeness (QED) is 0.884. The number of halogens is 1. The van der Waals surface area contributed by atoms with Gasteiger partial charge in [-0.25, -0.2) is 4.79 Å². The minimum atomic E-state index is -0.760. The van der Waals surface area contributed by atoms with Gasteiger partial charge in [0.1, 0.15) is 0 Å². The molecule has 16 heavy (non-hydrogen) atoms. The molecular weight excluding hydrogens is 230 g/mol. The predicted molar refractivity (Wildman–Crippen MR) is 59.1 cm³/mol.